The molecule has 2 rings (SSSR count). The van der Waals surface area contributed by atoms with Crippen molar-refractivity contribution in [3.05, 3.63) is 48.2 Å². The highest BCUT2D eigenvalue weighted by molar-refractivity contribution is 7.90. The number of benzene rings is 1. The van der Waals surface area contributed by atoms with E-state index in [0.717, 1.165) is 17.4 Å². The lowest BCUT2D eigenvalue weighted by Crippen LogP contribution is -2.30. The zero-order chi connectivity index (χ0) is 16.3. The summed E-state index contributed by atoms with van der Waals surface area (Å²) in [6.45, 7) is -0.806. The zero-order valence-corrected chi connectivity index (χ0v) is 12.8. The molecule has 0 fully saturated rings. The molecule has 0 spiro atoms. The quantitative estimate of drug-likeness (QED) is 0.869. The highest BCUT2D eigenvalue weighted by Crippen LogP contribution is 2.23. The smallest absolute Gasteiger partial charge is 0.192 e. The Hall–Kier alpha value is -1.83. The molecular formula is C15H17FN2O3S. The number of sulfone groups is 1. The fourth-order valence-electron chi connectivity index (χ4n) is 1.97. The summed E-state index contributed by atoms with van der Waals surface area (Å²) in [6.07, 6.45) is 1.50. The number of aliphatic hydroxyl groups excluding tert-OH is 1. The highest BCUT2D eigenvalue weighted by atomic mass is 32.2. The van der Waals surface area contributed by atoms with Gasteiger partial charge in [-0.1, -0.05) is 24.3 Å². The van der Waals surface area contributed by atoms with Crippen molar-refractivity contribution < 1.29 is 17.9 Å². The average molecular weight is 324 g/mol. The summed E-state index contributed by atoms with van der Waals surface area (Å²) in [4.78, 5) is 3.92. The Balaban J connectivity index is 2.24. The maximum Gasteiger partial charge on any atom is 0.192 e. The van der Waals surface area contributed by atoms with Gasteiger partial charge in [0.15, 0.2) is 14.9 Å². The fourth-order valence-corrected chi connectivity index (χ4v) is 2.53. The number of pyridine rings is 1. The van der Waals surface area contributed by atoms with Crippen LogP contribution in [-0.4, -0.2) is 37.5 Å². The Morgan fingerprint density at radius 2 is 1.77 bits per heavy atom. The first kappa shape index (κ1) is 16.5. The highest BCUT2D eigenvalue weighted by Gasteiger charge is 2.16. The van der Waals surface area contributed by atoms with Gasteiger partial charge in [-0.15, -0.1) is 0 Å². The van der Waals surface area contributed by atoms with E-state index in [-0.39, 0.29) is 5.03 Å². The van der Waals surface area contributed by atoms with E-state index in [1.807, 2.05) is 0 Å². The summed E-state index contributed by atoms with van der Waals surface area (Å²) < 4.78 is 35.2. The molecule has 0 aliphatic heterocycles. The molecule has 0 amide bonds. The number of hydrogen-bond acceptors (Lipinski definition) is 5. The molecule has 0 bridgehead atoms. The molecule has 1 aromatic carbocycles. The van der Waals surface area contributed by atoms with Crippen molar-refractivity contribution in [1.82, 2.24) is 4.98 Å². The summed E-state index contributed by atoms with van der Waals surface area (Å²) in [5.74, 6) is 0. The molecule has 3 N–H and O–H groups in total. The van der Waals surface area contributed by atoms with Crippen molar-refractivity contribution in [2.75, 3.05) is 12.9 Å². The van der Waals surface area contributed by atoms with Crippen molar-refractivity contribution in [3.63, 3.8) is 0 Å². The lowest BCUT2D eigenvalue weighted by molar-refractivity contribution is 0.132. The van der Waals surface area contributed by atoms with E-state index in [4.69, 9.17) is 5.73 Å². The van der Waals surface area contributed by atoms with Crippen molar-refractivity contribution in [2.45, 2.75) is 17.2 Å². The fraction of sp³-hybridized carbons (Fsp3) is 0.267. The number of nitrogens with two attached hydrogens (primary N) is 1. The van der Waals surface area contributed by atoms with Gasteiger partial charge in [0.05, 0.1) is 12.1 Å². The van der Waals surface area contributed by atoms with E-state index in [9.17, 15) is 17.9 Å². The second-order valence-corrected chi connectivity index (χ2v) is 7.00. The minimum absolute atomic E-state index is 0.0113. The van der Waals surface area contributed by atoms with E-state index in [1.165, 1.54) is 12.3 Å². The number of alkyl halides is 1. The molecule has 0 saturated heterocycles. The van der Waals surface area contributed by atoms with E-state index in [2.05, 4.69) is 4.98 Å². The van der Waals surface area contributed by atoms with Crippen LogP contribution in [0.3, 0.4) is 0 Å². The molecule has 5 nitrogen and oxygen atoms in total. The van der Waals surface area contributed by atoms with Gasteiger partial charge in [0.25, 0.3) is 0 Å². The predicted octanol–water partition coefficient (Wildman–Crippen LogP) is 1.48. The maximum absolute atomic E-state index is 12.5. The van der Waals surface area contributed by atoms with Crippen LogP contribution in [0.25, 0.3) is 11.1 Å². The monoisotopic (exact) mass is 324 g/mol. The first-order valence-electron chi connectivity index (χ1n) is 6.59. The molecule has 2 atom stereocenters. The number of hydrogen-bond donors (Lipinski definition) is 2. The summed E-state index contributed by atoms with van der Waals surface area (Å²) >= 11 is 0. The van der Waals surface area contributed by atoms with Gasteiger partial charge in [-0.3, -0.25) is 0 Å². The summed E-state index contributed by atoms with van der Waals surface area (Å²) in [7, 11) is -3.33. The van der Waals surface area contributed by atoms with Gasteiger partial charge >= 0.3 is 0 Å². The van der Waals surface area contributed by atoms with Gasteiger partial charge in [0.2, 0.25) is 0 Å². The molecule has 1 aromatic heterocycles. The molecule has 118 valence electrons. The van der Waals surface area contributed by atoms with Crippen LogP contribution < -0.4 is 5.73 Å². The Morgan fingerprint density at radius 3 is 2.23 bits per heavy atom. The number of aliphatic hydroxyl groups is 1. The molecule has 2 aromatic rings. The number of nitrogens with zero attached hydrogens (tertiary/aromatic N) is 1. The number of halogens is 1. The molecule has 0 saturated carbocycles. The standard InChI is InChI=1S/C15H17FN2O3S/c1-22(20,21)14-7-6-12(9-18-14)10-2-4-11(5-3-10)15(19)13(17)8-16/h2-7,9,13,15,19H,8,17H2,1H3/t13-,15-/m1/s1. The molecule has 0 aliphatic carbocycles. The third kappa shape index (κ3) is 3.68. The van der Waals surface area contributed by atoms with Crippen LogP contribution in [0.4, 0.5) is 4.39 Å². The Labute approximate surface area is 128 Å². The largest absolute Gasteiger partial charge is 0.387 e. The lowest BCUT2D eigenvalue weighted by Gasteiger charge is -2.16. The average Bonchev–Trinajstić information content (AvgIpc) is 2.53. The third-order valence-corrected chi connectivity index (χ3v) is 4.29. The van der Waals surface area contributed by atoms with Crippen LogP contribution in [0.1, 0.15) is 11.7 Å². The summed E-state index contributed by atoms with van der Waals surface area (Å²) in [5, 5.41) is 9.84. The second kappa shape index (κ2) is 6.51. The normalized spacial score (nSPS) is 14.5. The Bertz CT molecular complexity index is 730. The predicted molar refractivity (Wildman–Crippen MR) is 81.7 cm³/mol. The summed E-state index contributed by atoms with van der Waals surface area (Å²) in [5.41, 5.74) is 7.53. The molecule has 22 heavy (non-hydrogen) atoms. The molecular weight excluding hydrogens is 307 g/mol. The maximum atomic E-state index is 12.5. The van der Waals surface area contributed by atoms with E-state index in [1.54, 1.807) is 30.3 Å². The SMILES string of the molecule is CS(=O)(=O)c1ccc(-c2ccc([C@@H](O)[C@H](N)CF)cc2)cn1. The van der Waals surface area contributed by atoms with Crippen LogP contribution in [0.15, 0.2) is 47.6 Å². The third-order valence-electron chi connectivity index (χ3n) is 3.29. The molecule has 0 unspecified atom stereocenters. The minimum Gasteiger partial charge on any atom is -0.387 e. The van der Waals surface area contributed by atoms with Crippen molar-refractivity contribution in [3.8, 4) is 11.1 Å². The minimum atomic E-state index is -3.33. The van der Waals surface area contributed by atoms with Gasteiger partial charge in [-0.25, -0.2) is 17.8 Å². The Morgan fingerprint density at radius 1 is 1.18 bits per heavy atom. The number of aromatic nitrogens is 1. The second-order valence-electron chi connectivity index (χ2n) is 5.04. The van der Waals surface area contributed by atoms with E-state index in [0.29, 0.717) is 5.56 Å². The molecule has 0 radical (unpaired) electrons. The zero-order valence-electron chi connectivity index (χ0n) is 12.0. The van der Waals surface area contributed by atoms with Crippen LogP contribution in [0, 0.1) is 0 Å². The first-order chi connectivity index (χ1) is 10.3. The molecule has 7 heteroatoms. The molecule has 1 heterocycles. The van der Waals surface area contributed by atoms with Gasteiger partial charge in [0, 0.05) is 18.0 Å². The van der Waals surface area contributed by atoms with Gasteiger partial charge < -0.3 is 10.8 Å². The van der Waals surface area contributed by atoms with Crippen molar-refractivity contribution in [2.24, 2.45) is 5.73 Å². The summed E-state index contributed by atoms with van der Waals surface area (Å²) in [6, 6.07) is 8.91. The van der Waals surface area contributed by atoms with Crippen LogP contribution in [0.2, 0.25) is 0 Å². The van der Waals surface area contributed by atoms with Crippen molar-refractivity contribution in [1.29, 1.82) is 0 Å². The van der Waals surface area contributed by atoms with Gasteiger partial charge in [-0.05, 0) is 23.3 Å². The first-order valence-corrected chi connectivity index (χ1v) is 8.48. The van der Waals surface area contributed by atoms with Crippen LogP contribution in [0.5, 0.6) is 0 Å². The van der Waals surface area contributed by atoms with E-state index < -0.39 is 28.7 Å². The van der Waals surface area contributed by atoms with Crippen molar-refractivity contribution >= 4 is 9.84 Å². The molecule has 0 aliphatic rings. The van der Waals surface area contributed by atoms with Crippen LogP contribution in [-0.2, 0) is 9.84 Å². The number of rotatable bonds is 5. The Kier molecular flexibility index (Phi) is 4.90. The van der Waals surface area contributed by atoms with E-state index >= 15 is 0 Å². The topological polar surface area (TPSA) is 93.3 Å². The lowest BCUT2D eigenvalue weighted by atomic mass is 10.00. The van der Waals surface area contributed by atoms with Gasteiger partial charge in [-0.2, -0.15) is 0 Å². The van der Waals surface area contributed by atoms with Crippen LogP contribution >= 0.6 is 0 Å². The van der Waals surface area contributed by atoms with Gasteiger partial charge in [0.1, 0.15) is 6.67 Å².